The van der Waals surface area contributed by atoms with Gasteiger partial charge in [0.25, 0.3) is 0 Å². The van der Waals surface area contributed by atoms with Crippen LogP contribution < -0.4 is 21.0 Å². The number of rotatable bonds is 2. The molecular weight excluding hydrogens is 394 g/mol. The van der Waals surface area contributed by atoms with Gasteiger partial charge in [0, 0.05) is 27.1 Å². The molecule has 1 unspecified atom stereocenters. The van der Waals surface area contributed by atoms with Crippen LogP contribution in [0.5, 0.6) is 5.75 Å². The molecule has 0 aliphatic carbocycles. The maximum Gasteiger partial charge on any atom is 0.338 e. The molecule has 28 heavy (non-hydrogen) atoms. The largest absolute Gasteiger partial charge is 0.447 e. The van der Waals surface area contributed by atoms with Gasteiger partial charge in [0.05, 0.1) is 17.9 Å². The molecule has 8 nitrogen and oxygen atoms in total. The molecule has 1 aliphatic heterocycles. The lowest BCUT2D eigenvalue weighted by atomic mass is 10.1. The summed E-state index contributed by atoms with van der Waals surface area (Å²) in [6.07, 6.45) is 5.25. The van der Waals surface area contributed by atoms with Gasteiger partial charge >= 0.3 is 23.1 Å². The van der Waals surface area contributed by atoms with Crippen molar-refractivity contribution < 1.29 is 18.3 Å². The maximum atomic E-state index is 14.8. The van der Waals surface area contributed by atoms with Gasteiger partial charge in [-0.1, -0.05) is 5.92 Å². The number of hydrogen-bond donors (Lipinski definition) is 0. The molecule has 0 bridgehead atoms. The first-order chi connectivity index (χ1) is 13.0. The van der Waals surface area contributed by atoms with Gasteiger partial charge in [0.2, 0.25) is 0 Å². The predicted octanol–water partition coefficient (Wildman–Crippen LogP) is 0.788. The minimum Gasteiger partial charge on any atom is -0.447 e. The Morgan fingerprint density at radius 2 is 1.75 bits per heavy atom. The van der Waals surface area contributed by atoms with Crippen LogP contribution >= 0.6 is 12.2 Å². The van der Waals surface area contributed by atoms with E-state index in [2.05, 4.69) is 5.92 Å². The summed E-state index contributed by atoms with van der Waals surface area (Å²) < 4.78 is 36.6. The third-order valence-electron chi connectivity index (χ3n) is 4.27. The molecule has 1 aromatic carbocycles. The first kappa shape index (κ1) is 19.5. The molecule has 2 heterocycles. The monoisotopic (exact) mass is 408 g/mol. The van der Waals surface area contributed by atoms with Crippen molar-refractivity contribution in [3.8, 4) is 23.8 Å². The lowest BCUT2D eigenvalue weighted by Crippen LogP contribution is -2.52. The third kappa shape index (κ3) is 2.73. The standard InChI is InChI=1S/C17H14F2N4O4S/c1-5-6-22-11-8-10(9(18)7-12(11)27-17(2,19)13(22)24)23-14(25)20(3)16(28)21(4)15(23)26/h1,7-8H,6H2,2-4H3. The molecule has 146 valence electrons. The van der Waals surface area contributed by atoms with Gasteiger partial charge in [-0.3, -0.25) is 18.8 Å². The molecule has 0 fully saturated rings. The fourth-order valence-electron chi connectivity index (χ4n) is 2.82. The molecule has 11 heteroatoms. The van der Waals surface area contributed by atoms with Crippen LogP contribution in [0.2, 0.25) is 0 Å². The number of anilines is 1. The summed E-state index contributed by atoms with van der Waals surface area (Å²) in [5, 5.41) is 0. The SMILES string of the molecule is C#CCN1C(=O)C(C)(F)Oc2cc(F)c(-n3c(=O)n(C)c(=S)n(C)c3=O)cc21. The van der Waals surface area contributed by atoms with Gasteiger partial charge in [-0.15, -0.1) is 6.42 Å². The van der Waals surface area contributed by atoms with Crippen LogP contribution in [0.3, 0.4) is 0 Å². The van der Waals surface area contributed by atoms with Crippen LogP contribution in [0.25, 0.3) is 5.69 Å². The van der Waals surface area contributed by atoms with Crippen molar-refractivity contribution >= 4 is 23.8 Å². The Morgan fingerprint density at radius 1 is 1.18 bits per heavy atom. The lowest BCUT2D eigenvalue weighted by molar-refractivity contribution is -0.149. The highest BCUT2D eigenvalue weighted by molar-refractivity contribution is 7.71. The summed E-state index contributed by atoms with van der Waals surface area (Å²) in [6.45, 7) is 0.543. The molecule has 1 aromatic heterocycles. The molecular formula is C17H14F2N4O4S. The number of nitrogens with zero attached hydrogens (tertiary/aromatic N) is 4. The van der Waals surface area contributed by atoms with Crippen LogP contribution in [0.4, 0.5) is 14.5 Å². The number of hydrogen-bond acceptors (Lipinski definition) is 5. The fourth-order valence-corrected chi connectivity index (χ4v) is 2.98. The second-order valence-corrected chi connectivity index (χ2v) is 6.55. The van der Waals surface area contributed by atoms with Crippen LogP contribution in [-0.4, -0.2) is 32.0 Å². The summed E-state index contributed by atoms with van der Waals surface area (Å²) in [7, 11) is 2.64. The highest BCUT2D eigenvalue weighted by Gasteiger charge is 2.45. The number of alkyl halides is 1. The zero-order valence-electron chi connectivity index (χ0n) is 15.0. The Labute approximate surface area is 162 Å². The molecule has 1 atom stereocenters. The van der Waals surface area contributed by atoms with E-state index in [9.17, 15) is 23.2 Å². The fraction of sp³-hybridized carbons (Fsp3) is 0.294. The van der Waals surface area contributed by atoms with Crippen molar-refractivity contribution in [2.75, 3.05) is 11.4 Å². The number of terminal acetylenes is 1. The van der Waals surface area contributed by atoms with Gasteiger partial charge < -0.3 is 4.74 Å². The van der Waals surface area contributed by atoms with Gasteiger partial charge in [-0.25, -0.2) is 18.5 Å². The zero-order chi connectivity index (χ0) is 21.0. The molecule has 1 amide bonds. The highest BCUT2D eigenvalue weighted by Crippen LogP contribution is 2.40. The van der Waals surface area contributed by atoms with Crippen molar-refractivity contribution in [1.29, 1.82) is 0 Å². The van der Waals surface area contributed by atoms with E-state index >= 15 is 0 Å². The molecule has 0 radical (unpaired) electrons. The van der Waals surface area contributed by atoms with Crippen LogP contribution in [0.15, 0.2) is 21.7 Å². The number of halogens is 2. The summed E-state index contributed by atoms with van der Waals surface area (Å²) in [6, 6.07) is 1.81. The first-order valence-electron chi connectivity index (χ1n) is 7.87. The summed E-state index contributed by atoms with van der Waals surface area (Å²) >= 11 is 4.99. The van der Waals surface area contributed by atoms with E-state index in [4.69, 9.17) is 23.4 Å². The molecule has 0 spiro atoms. The van der Waals surface area contributed by atoms with E-state index in [0.29, 0.717) is 4.57 Å². The Bertz CT molecular complexity index is 1200. The number of benzene rings is 1. The Hall–Kier alpha value is -3.26. The van der Waals surface area contributed by atoms with Crippen molar-refractivity contribution in [1.82, 2.24) is 13.7 Å². The summed E-state index contributed by atoms with van der Waals surface area (Å²) in [5.41, 5.74) is -2.33. The Balaban J connectivity index is 2.37. The van der Waals surface area contributed by atoms with E-state index in [1.807, 2.05) is 0 Å². The second kappa shape index (κ2) is 6.42. The van der Waals surface area contributed by atoms with Crippen molar-refractivity contribution in [3.05, 3.63) is 43.7 Å². The molecule has 2 aromatic rings. The molecule has 0 saturated carbocycles. The Morgan fingerprint density at radius 3 is 2.29 bits per heavy atom. The number of amides is 1. The topological polar surface area (TPSA) is 78.5 Å². The minimum absolute atomic E-state index is 0.0646. The van der Waals surface area contributed by atoms with E-state index in [1.54, 1.807) is 0 Å². The first-order valence-corrected chi connectivity index (χ1v) is 8.28. The molecule has 0 N–H and O–H groups in total. The highest BCUT2D eigenvalue weighted by atomic mass is 32.1. The van der Waals surface area contributed by atoms with E-state index in [-0.39, 0.29) is 22.8 Å². The van der Waals surface area contributed by atoms with Gasteiger partial charge in [-0.2, -0.15) is 4.39 Å². The molecule has 3 rings (SSSR count). The number of carbonyl (C=O) groups is 1. The number of carbonyl (C=O) groups excluding carboxylic acids is 1. The molecule has 1 aliphatic rings. The van der Waals surface area contributed by atoms with Crippen molar-refractivity contribution in [3.63, 3.8) is 0 Å². The number of aromatic nitrogens is 3. The van der Waals surface area contributed by atoms with E-state index in [1.165, 1.54) is 14.1 Å². The van der Waals surface area contributed by atoms with Gasteiger partial charge in [-0.05, 0) is 18.3 Å². The summed E-state index contributed by atoms with van der Waals surface area (Å²) in [4.78, 5) is 38.2. The van der Waals surface area contributed by atoms with E-state index in [0.717, 1.165) is 33.1 Å². The third-order valence-corrected chi connectivity index (χ3v) is 4.82. The van der Waals surface area contributed by atoms with Crippen LogP contribution in [0.1, 0.15) is 6.92 Å². The average molecular weight is 408 g/mol. The van der Waals surface area contributed by atoms with Crippen molar-refractivity contribution in [2.45, 2.75) is 12.8 Å². The normalized spacial score (nSPS) is 18.4. The number of fused-ring (bicyclic) bond motifs is 1. The molecule has 0 saturated heterocycles. The van der Waals surface area contributed by atoms with E-state index < -0.39 is 34.6 Å². The second-order valence-electron chi connectivity index (χ2n) is 6.19. The summed E-state index contributed by atoms with van der Waals surface area (Å²) in [5.74, 6) is -2.98. The quantitative estimate of drug-likeness (QED) is 0.542. The Kier molecular flexibility index (Phi) is 4.47. The van der Waals surface area contributed by atoms with Gasteiger partial charge in [0.15, 0.2) is 16.3 Å². The average Bonchev–Trinajstić information content (AvgIpc) is 2.63. The lowest BCUT2D eigenvalue weighted by Gasteiger charge is -2.35. The van der Waals surface area contributed by atoms with Crippen molar-refractivity contribution in [2.24, 2.45) is 14.1 Å². The van der Waals surface area contributed by atoms with Gasteiger partial charge in [0.1, 0.15) is 0 Å². The minimum atomic E-state index is -2.75. The zero-order valence-corrected chi connectivity index (χ0v) is 15.8. The number of ether oxygens (including phenoxy) is 1. The maximum absolute atomic E-state index is 14.8. The predicted molar refractivity (Wildman–Crippen MR) is 98.4 cm³/mol. The van der Waals surface area contributed by atoms with Crippen LogP contribution in [-0.2, 0) is 18.9 Å². The smallest absolute Gasteiger partial charge is 0.338 e. The van der Waals surface area contributed by atoms with Crippen LogP contribution in [0, 0.1) is 22.9 Å².